The lowest BCUT2D eigenvalue weighted by Gasteiger charge is -2.26. The zero-order valence-corrected chi connectivity index (χ0v) is 16.8. The molecule has 0 spiro atoms. The van der Waals surface area contributed by atoms with Crippen LogP contribution < -0.4 is 0 Å². The molecule has 6 heteroatoms. The maximum absolute atomic E-state index is 13.2. The van der Waals surface area contributed by atoms with Gasteiger partial charge in [-0.3, -0.25) is 4.79 Å². The molecular formula is C22H24ClFN2O2. The van der Waals surface area contributed by atoms with Crippen LogP contribution in [-0.2, 0) is 16.2 Å². The Balaban J connectivity index is 1.68. The largest absolute Gasteiger partial charge is 0.390 e. The van der Waals surface area contributed by atoms with Gasteiger partial charge in [-0.05, 0) is 29.7 Å². The molecule has 1 amide bonds. The molecule has 0 saturated heterocycles. The Kier molecular flexibility index (Phi) is 6.68. The van der Waals surface area contributed by atoms with Crippen LogP contribution in [0.3, 0.4) is 0 Å². The highest BCUT2D eigenvalue weighted by molar-refractivity contribution is 6.34. The Morgan fingerprint density at radius 1 is 1.25 bits per heavy atom. The van der Waals surface area contributed by atoms with E-state index in [0.29, 0.717) is 31.0 Å². The molecule has 1 aliphatic heterocycles. The molecule has 28 heavy (non-hydrogen) atoms. The Morgan fingerprint density at radius 2 is 1.96 bits per heavy atom. The first kappa shape index (κ1) is 20.3. The number of oxime groups is 1. The van der Waals surface area contributed by atoms with Crippen molar-refractivity contribution in [3.05, 3.63) is 70.5 Å². The van der Waals surface area contributed by atoms with E-state index in [1.165, 1.54) is 12.1 Å². The van der Waals surface area contributed by atoms with Crippen LogP contribution >= 0.6 is 11.6 Å². The molecule has 0 N–H and O–H groups in total. The second-order valence-corrected chi connectivity index (χ2v) is 7.86. The van der Waals surface area contributed by atoms with Crippen molar-refractivity contribution < 1.29 is 14.0 Å². The van der Waals surface area contributed by atoms with Crippen LogP contribution in [0.5, 0.6) is 0 Å². The number of halogens is 2. The smallest absolute Gasteiger partial charge is 0.223 e. The fourth-order valence-electron chi connectivity index (χ4n) is 3.17. The summed E-state index contributed by atoms with van der Waals surface area (Å²) in [7, 11) is 0. The van der Waals surface area contributed by atoms with Crippen molar-refractivity contribution in [1.29, 1.82) is 0 Å². The highest BCUT2D eigenvalue weighted by Crippen LogP contribution is 2.24. The van der Waals surface area contributed by atoms with E-state index in [1.54, 1.807) is 17.0 Å². The Labute approximate surface area is 169 Å². The van der Waals surface area contributed by atoms with E-state index in [2.05, 4.69) is 5.16 Å². The lowest BCUT2D eigenvalue weighted by atomic mass is 10.0. The summed E-state index contributed by atoms with van der Waals surface area (Å²) in [6.45, 7) is 4.85. The minimum Gasteiger partial charge on any atom is -0.390 e. The van der Waals surface area contributed by atoms with Crippen molar-refractivity contribution in [2.45, 2.75) is 39.3 Å². The van der Waals surface area contributed by atoms with Gasteiger partial charge in [-0.15, -0.1) is 0 Å². The lowest BCUT2D eigenvalue weighted by molar-refractivity contribution is -0.134. The lowest BCUT2D eigenvalue weighted by Crippen LogP contribution is -2.37. The predicted octanol–water partition coefficient (Wildman–Crippen LogP) is 5.05. The predicted molar refractivity (Wildman–Crippen MR) is 109 cm³/mol. The van der Waals surface area contributed by atoms with Gasteiger partial charge in [-0.2, -0.15) is 0 Å². The zero-order chi connectivity index (χ0) is 20.1. The average molecular weight is 403 g/mol. The van der Waals surface area contributed by atoms with E-state index in [0.717, 1.165) is 16.8 Å². The second kappa shape index (κ2) is 9.20. The molecule has 0 aliphatic carbocycles. The van der Waals surface area contributed by atoms with Gasteiger partial charge in [0, 0.05) is 30.0 Å². The van der Waals surface area contributed by atoms with E-state index >= 15 is 0 Å². The molecular weight excluding hydrogens is 379 g/mol. The van der Waals surface area contributed by atoms with Crippen LogP contribution in [0.2, 0.25) is 5.02 Å². The Hall–Kier alpha value is -2.40. The van der Waals surface area contributed by atoms with Gasteiger partial charge < -0.3 is 9.74 Å². The summed E-state index contributed by atoms with van der Waals surface area (Å²) in [5, 5.41) is 4.81. The minimum atomic E-state index is -0.291. The molecule has 0 bridgehead atoms. The number of nitrogens with zero attached hydrogens (tertiary/aromatic N) is 2. The highest BCUT2D eigenvalue weighted by atomic mass is 35.5. The van der Waals surface area contributed by atoms with Gasteiger partial charge in [0.25, 0.3) is 0 Å². The molecule has 2 aromatic carbocycles. The third-order valence-electron chi connectivity index (χ3n) is 4.56. The van der Waals surface area contributed by atoms with Gasteiger partial charge in [-0.1, -0.05) is 60.9 Å². The van der Waals surface area contributed by atoms with Gasteiger partial charge in [0.15, 0.2) is 6.10 Å². The fraction of sp³-hybridized carbons (Fsp3) is 0.364. The molecule has 4 nitrogen and oxygen atoms in total. The molecule has 2 aromatic rings. The van der Waals surface area contributed by atoms with E-state index in [9.17, 15) is 9.18 Å². The van der Waals surface area contributed by atoms with Gasteiger partial charge in [0.05, 0.1) is 12.3 Å². The van der Waals surface area contributed by atoms with E-state index in [1.807, 2.05) is 38.1 Å². The molecule has 1 unspecified atom stereocenters. The Bertz CT molecular complexity index is 852. The van der Waals surface area contributed by atoms with E-state index < -0.39 is 0 Å². The van der Waals surface area contributed by atoms with Crippen molar-refractivity contribution >= 4 is 23.2 Å². The third-order valence-corrected chi connectivity index (χ3v) is 4.89. The van der Waals surface area contributed by atoms with Crippen LogP contribution in [0.15, 0.2) is 53.7 Å². The average Bonchev–Trinajstić information content (AvgIpc) is 3.11. The molecule has 3 rings (SSSR count). The fourth-order valence-corrected chi connectivity index (χ4v) is 3.41. The van der Waals surface area contributed by atoms with Crippen LogP contribution in [0.4, 0.5) is 4.39 Å². The van der Waals surface area contributed by atoms with Crippen LogP contribution in [0, 0.1) is 11.7 Å². The monoisotopic (exact) mass is 402 g/mol. The number of hydrogen-bond donors (Lipinski definition) is 0. The molecule has 1 heterocycles. The molecule has 0 fully saturated rings. The number of hydrogen-bond acceptors (Lipinski definition) is 3. The van der Waals surface area contributed by atoms with Crippen LogP contribution in [-0.4, -0.2) is 29.2 Å². The first-order chi connectivity index (χ1) is 13.4. The molecule has 0 aromatic heterocycles. The molecule has 148 valence electrons. The molecule has 0 saturated carbocycles. The van der Waals surface area contributed by atoms with Crippen molar-refractivity contribution in [1.82, 2.24) is 4.90 Å². The maximum Gasteiger partial charge on any atom is 0.223 e. The standard InChI is InChI=1S/C22H24ClFN2O2/c1-15(2)11-22(27)26(13-16-7-9-17(24)10-8-16)14-18-12-21(25-28-18)19-5-3-4-6-20(19)23/h3-10,15,18H,11-14H2,1-2H3. The molecule has 0 radical (unpaired) electrons. The SMILES string of the molecule is CC(C)CC(=O)N(Cc1ccc(F)cc1)CC1CC(c2ccccc2Cl)=NO1. The first-order valence-electron chi connectivity index (χ1n) is 9.42. The maximum atomic E-state index is 13.2. The second-order valence-electron chi connectivity index (χ2n) is 7.45. The summed E-state index contributed by atoms with van der Waals surface area (Å²) in [5.41, 5.74) is 2.52. The number of amides is 1. The number of benzene rings is 2. The molecule has 1 atom stereocenters. The number of carbonyl (C=O) groups excluding carboxylic acids is 1. The summed E-state index contributed by atoms with van der Waals surface area (Å²) >= 11 is 6.25. The van der Waals surface area contributed by atoms with Crippen molar-refractivity contribution in [3.8, 4) is 0 Å². The minimum absolute atomic E-state index is 0.0501. The highest BCUT2D eigenvalue weighted by Gasteiger charge is 2.27. The topological polar surface area (TPSA) is 41.9 Å². The van der Waals surface area contributed by atoms with Crippen molar-refractivity contribution in [2.75, 3.05) is 6.54 Å². The van der Waals surface area contributed by atoms with Gasteiger partial charge in [0.1, 0.15) is 5.82 Å². The Morgan fingerprint density at radius 3 is 2.64 bits per heavy atom. The normalized spacial score (nSPS) is 16.0. The molecule has 1 aliphatic rings. The van der Waals surface area contributed by atoms with Crippen molar-refractivity contribution in [3.63, 3.8) is 0 Å². The van der Waals surface area contributed by atoms with Crippen LogP contribution in [0.1, 0.15) is 37.8 Å². The van der Waals surface area contributed by atoms with Crippen molar-refractivity contribution in [2.24, 2.45) is 11.1 Å². The number of carbonyl (C=O) groups is 1. The number of rotatable bonds is 7. The zero-order valence-electron chi connectivity index (χ0n) is 16.1. The van der Waals surface area contributed by atoms with Gasteiger partial charge in [0.2, 0.25) is 5.91 Å². The summed E-state index contributed by atoms with van der Waals surface area (Å²) in [4.78, 5) is 20.1. The van der Waals surface area contributed by atoms with E-state index in [4.69, 9.17) is 16.4 Å². The summed E-state index contributed by atoms with van der Waals surface area (Å²) in [6.07, 6.45) is 0.799. The van der Waals surface area contributed by atoms with Gasteiger partial charge >= 0.3 is 0 Å². The third kappa shape index (κ3) is 5.32. The van der Waals surface area contributed by atoms with Gasteiger partial charge in [-0.25, -0.2) is 4.39 Å². The summed E-state index contributed by atoms with van der Waals surface area (Å²) < 4.78 is 13.2. The van der Waals surface area contributed by atoms with Crippen LogP contribution in [0.25, 0.3) is 0 Å². The summed E-state index contributed by atoms with van der Waals surface area (Å²) in [6, 6.07) is 13.7. The quantitative estimate of drug-likeness (QED) is 0.650. The van der Waals surface area contributed by atoms with E-state index in [-0.39, 0.29) is 23.7 Å². The summed E-state index contributed by atoms with van der Waals surface area (Å²) in [5.74, 6) is 0.0116. The first-order valence-corrected chi connectivity index (χ1v) is 9.80.